The number of rotatable bonds is 3. The summed E-state index contributed by atoms with van der Waals surface area (Å²) in [6, 6.07) is 0. The maximum Gasteiger partial charge on any atom is 0.248 e. The van der Waals surface area contributed by atoms with Gasteiger partial charge < -0.3 is 14.7 Å². The molecule has 0 atom stereocenters. The van der Waals surface area contributed by atoms with Gasteiger partial charge in [0.1, 0.15) is 6.54 Å². The van der Waals surface area contributed by atoms with Gasteiger partial charge in [-0.1, -0.05) is 5.16 Å². The van der Waals surface area contributed by atoms with Gasteiger partial charge in [0.2, 0.25) is 5.89 Å². The number of likely N-dealkylation sites (tertiary alicyclic amines) is 1. The molecule has 0 amide bonds. The van der Waals surface area contributed by atoms with E-state index in [-0.39, 0.29) is 24.0 Å². The van der Waals surface area contributed by atoms with Gasteiger partial charge in [-0.3, -0.25) is 0 Å². The standard InChI is InChI=1S/C11H19N5O.HI/c1-3-12-11(16-6-4-5-7-16)13-8-10-14-9(2)15-17-10;/h3-8H2,1-2H3,(H,12,13);1H. The van der Waals surface area contributed by atoms with Crippen LogP contribution in [0.25, 0.3) is 0 Å². The van der Waals surface area contributed by atoms with Crippen LogP contribution in [0.5, 0.6) is 0 Å². The minimum Gasteiger partial charge on any atom is -0.357 e. The van der Waals surface area contributed by atoms with Crippen LogP contribution in [0.1, 0.15) is 31.5 Å². The van der Waals surface area contributed by atoms with Gasteiger partial charge in [-0.25, -0.2) is 4.99 Å². The van der Waals surface area contributed by atoms with Crippen molar-refractivity contribution in [3.63, 3.8) is 0 Å². The van der Waals surface area contributed by atoms with Crippen molar-refractivity contribution in [1.29, 1.82) is 0 Å². The average molecular weight is 365 g/mol. The van der Waals surface area contributed by atoms with E-state index in [0.29, 0.717) is 18.3 Å². The SMILES string of the molecule is CCNC(=NCc1nc(C)no1)N1CCCC1.I. The number of halogens is 1. The molecule has 7 heteroatoms. The number of nitrogens with zero attached hydrogens (tertiary/aromatic N) is 4. The van der Waals surface area contributed by atoms with Gasteiger partial charge in [0.25, 0.3) is 0 Å². The van der Waals surface area contributed by atoms with Crippen LogP contribution >= 0.6 is 24.0 Å². The molecule has 0 saturated carbocycles. The second-order valence-electron chi connectivity index (χ2n) is 4.10. The zero-order valence-electron chi connectivity index (χ0n) is 10.8. The van der Waals surface area contributed by atoms with Crippen LogP contribution in [0.2, 0.25) is 0 Å². The first-order valence-electron chi connectivity index (χ1n) is 6.12. The molecule has 1 aliphatic rings. The van der Waals surface area contributed by atoms with Crippen LogP contribution < -0.4 is 5.32 Å². The topological polar surface area (TPSA) is 66.5 Å². The Morgan fingerprint density at radius 1 is 1.44 bits per heavy atom. The van der Waals surface area contributed by atoms with Gasteiger partial charge >= 0.3 is 0 Å². The van der Waals surface area contributed by atoms with E-state index in [4.69, 9.17) is 4.52 Å². The van der Waals surface area contributed by atoms with E-state index in [0.717, 1.165) is 25.6 Å². The molecule has 0 aliphatic carbocycles. The molecule has 0 radical (unpaired) electrons. The van der Waals surface area contributed by atoms with E-state index in [2.05, 4.69) is 32.3 Å². The Morgan fingerprint density at radius 3 is 2.72 bits per heavy atom. The number of hydrogen-bond donors (Lipinski definition) is 1. The van der Waals surface area contributed by atoms with E-state index in [1.54, 1.807) is 0 Å². The number of nitrogens with one attached hydrogen (secondary N) is 1. The minimum atomic E-state index is 0. The van der Waals surface area contributed by atoms with Gasteiger partial charge in [-0.05, 0) is 26.7 Å². The van der Waals surface area contributed by atoms with Crippen LogP contribution in [-0.4, -0.2) is 40.6 Å². The molecule has 102 valence electrons. The molecule has 18 heavy (non-hydrogen) atoms. The molecule has 1 aromatic rings. The van der Waals surface area contributed by atoms with E-state index >= 15 is 0 Å². The zero-order chi connectivity index (χ0) is 12.1. The molecule has 0 bridgehead atoms. The lowest BCUT2D eigenvalue weighted by atomic mass is 10.4. The molecular formula is C11H20IN5O. The number of guanidine groups is 1. The summed E-state index contributed by atoms with van der Waals surface area (Å²) in [7, 11) is 0. The predicted molar refractivity (Wildman–Crippen MR) is 80.1 cm³/mol. The third-order valence-corrected chi connectivity index (χ3v) is 2.67. The van der Waals surface area contributed by atoms with Crippen molar-refractivity contribution >= 4 is 29.9 Å². The smallest absolute Gasteiger partial charge is 0.248 e. The summed E-state index contributed by atoms with van der Waals surface area (Å²) in [5.41, 5.74) is 0. The molecule has 0 aromatic carbocycles. The second kappa shape index (κ2) is 7.55. The summed E-state index contributed by atoms with van der Waals surface area (Å²) in [6.45, 7) is 7.35. The summed E-state index contributed by atoms with van der Waals surface area (Å²) in [5, 5.41) is 7.04. The van der Waals surface area contributed by atoms with Crippen molar-refractivity contribution in [2.24, 2.45) is 4.99 Å². The summed E-state index contributed by atoms with van der Waals surface area (Å²) in [6.07, 6.45) is 2.48. The Bertz CT molecular complexity index is 387. The van der Waals surface area contributed by atoms with E-state index in [1.807, 2.05) is 6.92 Å². The van der Waals surface area contributed by atoms with Crippen molar-refractivity contribution in [1.82, 2.24) is 20.4 Å². The summed E-state index contributed by atoms with van der Waals surface area (Å²) < 4.78 is 5.04. The molecule has 6 nitrogen and oxygen atoms in total. The highest BCUT2D eigenvalue weighted by Gasteiger charge is 2.15. The molecule has 2 heterocycles. The lowest BCUT2D eigenvalue weighted by Gasteiger charge is -2.20. The molecule has 1 N–H and O–H groups in total. The van der Waals surface area contributed by atoms with Gasteiger partial charge in [-0.2, -0.15) is 4.98 Å². The maximum atomic E-state index is 5.04. The number of aliphatic imine (C=N–C) groups is 1. The van der Waals surface area contributed by atoms with Crippen molar-refractivity contribution in [2.75, 3.05) is 19.6 Å². The minimum absolute atomic E-state index is 0. The fourth-order valence-corrected chi connectivity index (χ4v) is 1.90. The van der Waals surface area contributed by atoms with Crippen LogP contribution in [0.15, 0.2) is 9.52 Å². The van der Waals surface area contributed by atoms with E-state index in [1.165, 1.54) is 12.8 Å². The maximum absolute atomic E-state index is 5.04. The Kier molecular flexibility index (Phi) is 6.37. The molecule has 1 fully saturated rings. The third kappa shape index (κ3) is 4.11. The van der Waals surface area contributed by atoms with Gasteiger partial charge in [0.05, 0.1) is 0 Å². The average Bonchev–Trinajstić information content (AvgIpc) is 2.95. The van der Waals surface area contributed by atoms with Crippen LogP contribution in [-0.2, 0) is 6.54 Å². The first-order chi connectivity index (χ1) is 8.29. The molecule has 1 saturated heterocycles. The van der Waals surface area contributed by atoms with Crippen LogP contribution in [0, 0.1) is 6.92 Å². The normalized spacial score (nSPS) is 15.7. The number of aryl methyl sites for hydroxylation is 1. The Labute approximate surface area is 124 Å². The largest absolute Gasteiger partial charge is 0.357 e. The van der Waals surface area contributed by atoms with Crippen LogP contribution in [0.4, 0.5) is 0 Å². The van der Waals surface area contributed by atoms with Crippen molar-refractivity contribution in [3.8, 4) is 0 Å². The number of hydrogen-bond acceptors (Lipinski definition) is 4. The highest BCUT2D eigenvalue weighted by molar-refractivity contribution is 14.0. The van der Waals surface area contributed by atoms with E-state index in [9.17, 15) is 0 Å². The molecule has 2 rings (SSSR count). The molecular weight excluding hydrogens is 345 g/mol. The summed E-state index contributed by atoms with van der Waals surface area (Å²) in [5.74, 6) is 2.17. The summed E-state index contributed by atoms with van der Waals surface area (Å²) in [4.78, 5) is 10.9. The Morgan fingerprint density at radius 2 is 2.17 bits per heavy atom. The highest BCUT2D eigenvalue weighted by atomic mass is 127. The fraction of sp³-hybridized carbons (Fsp3) is 0.727. The van der Waals surface area contributed by atoms with Gasteiger partial charge in [0.15, 0.2) is 11.8 Å². The Hall–Kier alpha value is -0.860. The van der Waals surface area contributed by atoms with Crippen molar-refractivity contribution < 1.29 is 4.52 Å². The van der Waals surface area contributed by atoms with Crippen molar-refractivity contribution in [3.05, 3.63) is 11.7 Å². The molecule has 0 spiro atoms. The molecule has 1 aromatic heterocycles. The monoisotopic (exact) mass is 365 g/mol. The lowest BCUT2D eigenvalue weighted by molar-refractivity contribution is 0.375. The highest BCUT2D eigenvalue weighted by Crippen LogP contribution is 2.08. The van der Waals surface area contributed by atoms with Gasteiger partial charge in [-0.15, -0.1) is 24.0 Å². The lowest BCUT2D eigenvalue weighted by Crippen LogP contribution is -2.39. The first kappa shape index (κ1) is 15.2. The first-order valence-corrected chi connectivity index (χ1v) is 6.12. The quantitative estimate of drug-likeness (QED) is 0.500. The Balaban J connectivity index is 0.00000162. The van der Waals surface area contributed by atoms with Crippen LogP contribution in [0.3, 0.4) is 0 Å². The predicted octanol–water partition coefficient (Wildman–Crippen LogP) is 1.56. The molecule has 0 unspecified atom stereocenters. The summed E-state index contributed by atoms with van der Waals surface area (Å²) >= 11 is 0. The zero-order valence-corrected chi connectivity index (χ0v) is 13.2. The van der Waals surface area contributed by atoms with Gasteiger partial charge in [0, 0.05) is 19.6 Å². The second-order valence-corrected chi connectivity index (χ2v) is 4.10. The fourth-order valence-electron chi connectivity index (χ4n) is 1.90. The third-order valence-electron chi connectivity index (χ3n) is 2.67. The van der Waals surface area contributed by atoms with E-state index < -0.39 is 0 Å². The number of aromatic nitrogens is 2. The van der Waals surface area contributed by atoms with Crippen molar-refractivity contribution in [2.45, 2.75) is 33.2 Å². The molecule has 1 aliphatic heterocycles.